The summed E-state index contributed by atoms with van der Waals surface area (Å²) in [6.45, 7) is 10.1. The van der Waals surface area contributed by atoms with Gasteiger partial charge in [0.25, 0.3) is 0 Å². The van der Waals surface area contributed by atoms with Gasteiger partial charge in [-0.05, 0) is 41.9 Å². The fraction of sp³-hybridized carbons (Fsp3) is 0.444. The first-order valence-electron chi connectivity index (χ1n) is 7.91. The van der Waals surface area contributed by atoms with Gasteiger partial charge in [0.1, 0.15) is 0 Å². The molecule has 1 heterocycles. The first kappa shape index (κ1) is 14.4. The van der Waals surface area contributed by atoms with E-state index < -0.39 is 0 Å². The van der Waals surface area contributed by atoms with Gasteiger partial charge in [0, 0.05) is 37.9 Å². The van der Waals surface area contributed by atoms with Crippen LogP contribution in [-0.2, 0) is 6.54 Å². The normalized spacial score (nSPS) is 21.0. The topological polar surface area (TPSA) is 32.5 Å². The van der Waals surface area contributed by atoms with Crippen molar-refractivity contribution in [2.24, 2.45) is 0 Å². The molecule has 2 N–H and O–H groups in total. The van der Waals surface area contributed by atoms with E-state index in [1.54, 1.807) is 0 Å². The second-order valence-corrected chi connectivity index (χ2v) is 6.11. The van der Waals surface area contributed by atoms with Gasteiger partial charge in [-0.3, -0.25) is 9.80 Å². The van der Waals surface area contributed by atoms with Gasteiger partial charge < -0.3 is 5.73 Å². The summed E-state index contributed by atoms with van der Waals surface area (Å²) in [5.74, 6) is 0. The smallest absolute Gasteiger partial charge is 0.0366 e. The van der Waals surface area contributed by atoms with E-state index in [9.17, 15) is 0 Å². The van der Waals surface area contributed by atoms with Gasteiger partial charge in [0.2, 0.25) is 0 Å². The van der Waals surface area contributed by atoms with Crippen LogP contribution in [0.3, 0.4) is 0 Å². The zero-order valence-corrected chi connectivity index (χ0v) is 13.0. The van der Waals surface area contributed by atoms with Crippen LogP contribution in [0.5, 0.6) is 0 Å². The largest absolute Gasteiger partial charge is 0.398 e. The molecule has 1 aliphatic rings. The number of fused-ring (bicyclic) bond motifs is 1. The molecule has 0 spiro atoms. The van der Waals surface area contributed by atoms with Crippen molar-refractivity contribution in [3.8, 4) is 0 Å². The summed E-state index contributed by atoms with van der Waals surface area (Å²) >= 11 is 0. The predicted octanol–water partition coefficient (Wildman–Crippen LogP) is 2.95. The number of hydrogen-bond donors (Lipinski definition) is 1. The van der Waals surface area contributed by atoms with Crippen molar-refractivity contribution < 1.29 is 0 Å². The molecule has 3 rings (SSSR count). The van der Waals surface area contributed by atoms with Crippen LogP contribution in [0, 0.1) is 0 Å². The molecule has 1 atom stereocenters. The summed E-state index contributed by atoms with van der Waals surface area (Å²) in [6, 6.07) is 13.4. The van der Waals surface area contributed by atoms with Crippen molar-refractivity contribution in [1.82, 2.24) is 9.80 Å². The molecule has 2 aromatic carbocycles. The first-order valence-corrected chi connectivity index (χ1v) is 7.91. The maximum Gasteiger partial charge on any atom is 0.0366 e. The second-order valence-electron chi connectivity index (χ2n) is 6.11. The molecule has 0 amide bonds. The molecule has 1 unspecified atom stereocenters. The molecule has 0 saturated carbocycles. The van der Waals surface area contributed by atoms with Crippen molar-refractivity contribution >= 4 is 16.5 Å². The summed E-state index contributed by atoms with van der Waals surface area (Å²) < 4.78 is 0. The lowest BCUT2D eigenvalue weighted by Crippen LogP contribution is -2.51. The molecule has 1 aliphatic heterocycles. The zero-order chi connectivity index (χ0) is 14.8. The molecular formula is C18H25N3. The predicted molar refractivity (Wildman–Crippen MR) is 90.3 cm³/mol. The van der Waals surface area contributed by atoms with E-state index in [4.69, 9.17) is 5.73 Å². The number of nitrogens with zero attached hydrogens (tertiary/aromatic N) is 2. The van der Waals surface area contributed by atoms with Crippen molar-refractivity contribution in [2.45, 2.75) is 26.4 Å². The third kappa shape index (κ3) is 3.04. The number of nitrogen functional groups attached to an aromatic ring is 1. The molecule has 1 fully saturated rings. The van der Waals surface area contributed by atoms with Crippen molar-refractivity contribution in [3.05, 3.63) is 42.0 Å². The quantitative estimate of drug-likeness (QED) is 0.879. The SMILES string of the molecule is CCN1CCN(Cc2cc3ccccc3cc2N)CC1C. The maximum atomic E-state index is 6.25. The Labute approximate surface area is 127 Å². The molecule has 2 aromatic rings. The van der Waals surface area contributed by atoms with Crippen LogP contribution in [0.1, 0.15) is 19.4 Å². The van der Waals surface area contributed by atoms with E-state index >= 15 is 0 Å². The number of rotatable bonds is 3. The number of piperazine rings is 1. The zero-order valence-electron chi connectivity index (χ0n) is 13.0. The van der Waals surface area contributed by atoms with E-state index in [-0.39, 0.29) is 0 Å². The van der Waals surface area contributed by atoms with Crippen molar-refractivity contribution in [2.75, 3.05) is 31.9 Å². The lowest BCUT2D eigenvalue weighted by Gasteiger charge is -2.39. The van der Waals surface area contributed by atoms with Gasteiger partial charge in [-0.1, -0.05) is 31.2 Å². The fourth-order valence-electron chi connectivity index (χ4n) is 3.37. The van der Waals surface area contributed by atoms with E-state index in [1.807, 2.05) is 0 Å². The summed E-state index contributed by atoms with van der Waals surface area (Å²) in [5.41, 5.74) is 8.43. The third-order valence-electron chi connectivity index (χ3n) is 4.66. The van der Waals surface area contributed by atoms with Crippen LogP contribution < -0.4 is 5.73 Å². The Bertz CT molecular complexity index is 623. The highest BCUT2D eigenvalue weighted by molar-refractivity contribution is 5.86. The lowest BCUT2D eigenvalue weighted by atomic mass is 10.0. The minimum Gasteiger partial charge on any atom is -0.398 e. The monoisotopic (exact) mass is 283 g/mol. The number of nitrogens with two attached hydrogens (primary N) is 1. The van der Waals surface area contributed by atoms with Crippen molar-refractivity contribution in [3.63, 3.8) is 0 Å². The highest BCUT2D eigenvalue weighted by Gasteiger charge is 2.22. The van der Waals surface area contributed by atoms with Gasteiger partial charge in [0.15, 0.2) is 0 Å². The Morgan fingerprint density at radius 3 is 2.52 bits per heavy atom. The molecule has 3 heteroatoms. The molecule has 0 bridgehead atoms. The van der Waals surface area contributed by atoms with Crippen LogP contribution >= 0.6 is 0 Å². The molecular weight excluding hydrogens is 258 g/mol. The van der Waals surface area contributed by atoms with Crippen LogP contribution in [0.2, 0.25) is 0 Å². The lowest BCUT2D eigenvalue weighted by molar-refractivity contribution is 0.0836. The van der Waals surface area contributed by atoms with Gasteiger partial charge in [-0.2, -0.15) is 0 Å². The van der Waals surface area contributed by atoms with Crippen LogP contribution in [0.15, 0.2) is 36.4 Å². The summed E-state index contributed by atoms with van der Waals surface area (Å²) in [6.07, 6.45) is 0. The molecule has 3 nitrogen and oxygen atoms in total. The van der Waals surface area contributed by atoms with E-state index in [2.05, 4.69) is 60.0 Å². The van der Waals surface area contributed by atoms with E-state index in [0.29, 0.717) is 6.04 Å². The van der Waals surface area contributed by atoms with Gasteiger partial charge >= 0.3 is 0 Å². The summed E-state index contributed by atoms with van der Waals surface area (Å²) in [5, 5.41) is 2.50. The number of hydrogen-bond acceptors (Lipinski definition) is 3. The van der Waals surface area contributed by atoms with E-state index in [1.165, 1.54) is 16.3 Å². The van der Waals surface area contributed by atoms with Gasteiger partial charge in [-0.15, -0.1) is 0 Å². The molecule has 112 valence electrons. The Balaban J connectivity index is 1.77. The van der Waals surface area contributed by atoms with Gasteiger partial charge in [0.05, 0.1) is 0 Å². The molecule has 1 saturated heterocycles. The number of anilines is 1. The minimum absolute atomic E-state index is 0.630. The number of benzene rings is 2. The van der Waals surface area contributed by atoms with Crippen LogP contribution in [0.4, 0.5) is 5.69 Å². The highest BCUT2D eigenvalue weighted by Crippen LogP contribution is 2.24. The third-order valence-corrected chi connectivity index (χ3v) is 4.66. The Morgan fingerprint density at radius 2 is 1.86 bits per heavy atom. The fourth-order valence-corrected chi connectivity index (χ4v) is 3.37. The molecule has 21 heavy (non-hydrogen) atoms. The average Bonchev–Trinajstić information content (AvgIpc) is 2.48. The van der Waals surface area contributed by atoms with Crippen molar-refractivity contribution in [1.29, 1.82) is 0 Å². The Kier molecular flexibility index (Phi) is 4.13. The van der Waals surface area contributed by atoms with Crippen LogP contribution in [-0.4, -0.2) is 42.0 Å². The standard InChI is InChI=1S/C18H25N3/c1-3-21-9-8-20(12-14(21)2)13-17-10-15-6-4-5-7-16(15)11-18(17)19/h4-7,10-11,14H,3,8-9,12-13,19H2,1-2H3. The molecule has 0 aliphatic carbocycles. The maximum absolute atomic E-state index is 6.25. The van der Waals surface area contributed by atoms with Crippen LogP contribution in [0.25, 0.3) is 10.8 Å². The second kappa shape index (κ2) is 6.04. The summed E-state index contributed by atoms with van der Waals surface area (Å²) in [7, 11) is 0. The minimum atomic E-state index is 0.630. The molecule has 0 aromatic heterocycles. The average molecular weight is 283 g/mol. The Morgan fingerprint density at radius 1 is 1.14 bits per heavy atom. The first-order chi connectivity index (χ1) is 10.2. The van der Waals surface area contributed by atoms with E-state index in [0.717, 1.165) is 38.4 Å². The van der Waals surface area contributed by atoms with Gasteiger partial charge in [-0.25, -0.2) is 0 Å². The highest BCUT2D eigenvalue weighted by atomic mass is 15.3. The number of likely N-dealkylation sites (N-methyl/N-ethyl adjacent to an activating group) is 1. The molecule has 0 radical (unpaired) electrons. The Hall–Kier alpha value is -1.58. The summed E-state index contributed by atoms with van der Waals surface area (Å²) in [4.78, 5) is 5.07.